The number of carboxylic acids is 1. The fraction of sp³-hybridized carbons (Fsp3) is 0.250. The summed E-state index contributed by atoms with van der Waals surface area (Å²) in [6.45, 7) is 1.81. The molecule has 0 aromatic heterocycles. The van der Waals surface area contributed by atoms with Gasteiger partial charge in [-0.2, -0.15) is 4.31 Å². The standard InChI is InChI=1S/C12H12ClNO4S/c1-3-7-14(4-2)19(17,18)9-5-6-10(12(15)16)11(13)8-9/h1,5-6,8H,4,7H2,2H3,(H,15,16). The Bertz CT molecular complexity index is 634. The van der Waals surface area contributed by atoms with Crippen LogP contribution in [0.2, 0.25) is 5.02 Å². The summed E-state index contributed by atoms with van der Waals surface area (Å²) in [4.78, 5) is 10.7. The van der Waals surface area contributed by atoms with Crippen LogP contribution in [0.25, 0.3) is 0 Å². The van der Waals surface area contributed by atoms with Crippen LogP contribution in [-0.4, -0.2) is 36.9 Å². The first kappa shape index (κ1) is 15.5. The van der Waals surface area contributed by atoms with E-state index in [4.69, 9.17) is 23.1 Å². The van der Waals surface area contributed by atoms with Crippen molar-refractivity contribution in [3.8, 4) is 12.3 Å². The number of terminal acetylenes is 1. The average Bonchev–Trinajstić information content (AvgIpc) is 2.34. The minimum Gasteiger partial charge on any atom is -0.478 e. The molecule has 0 atom stereocenters. The van der Waals surface area contributed by atoms with Crippen molar-refractivity contribution in [1.29, 1.82) is 0 Å². The second-order valence-corrected chi connectivity index (χ2v) is 5.93. The van der Waals surface area contributed by atoms with E-state index in [9.17, 15) is 13.2 Å². The van der Waals surface area contributed by atoms with Gasteiger partial charge in [0.15, 0.2) is 0 Å². The summed E-state index contributed by atoms with van der Waals surface area (Å²) in [7, 11) is -3.76. The number of hydrogen-bond acceptors (Lipinski definition) is 3. The van der Waals surface area contributed by atoms with Gasteiger partial charge in [-0.1, -0.05) is 24.4 Å². The van der Waals surface area contributed by atoms with Crippen LogP contribution in [0.15, 0.2) is 23.1 Å². The Morgan fingerprint density at radius 3 is 2.58 bits per heavy atom. The molecule has 0 saturated carbocycles. The van der Waals surface area contributed by atoms with Crippen molar-refractivity contribution in [2.75, 3.05) is 13.1 Å². The molecule has 1 aromatic carbocycles. The Hall–Kier alpha value is -1.55. The SMILES string of the molecule is C#CCN(CC)S(=O)(=O)c1ccc(C(=O)O)c(Cl)c1. The van der Waals surface area contributed by atoms with Crippen molar-refractivity contribution >= 4 is 27.6 Å². The van der Waals surface area contributed by atoms with Gasteiger partial charge in [-0.15, -0.1) is 6.42 Å². The fourth-order valence-electron chi connectivity index (χ4n) is 1.45. The molecule has 0 bridgehead atoms. The van der Waals surface area contributed by atoms with Crippen LogP contribution in [0.5, 0.6) is 0 Å². The maximum absolute atomic E-state index is 12.2. The molecule has 1 aromatic rings. The number of halogens is 1. The molecule has 1 rings (SSSR count). The summed E-state index contributed by atoms with van der Waals surface area (Å²) in [6, 6.07) is 3.46. The normalized spacial score (nSPS) is 11.3. The van der Waals surface area contributed by atoms with Crippen LogP contribution in [-0.2, 0) is 10.0 Å². The lowest BCUT2D eigenvalue weighted by molar-refractivity contribution is 0.0697. The van der Waals surface area contributed by atoms with Crippen LogP contribution in [0, 0.1) is 12.3 Å². The second kappa shape index (κ2) is 6.06. The number of nitrogens with zero attached hydrogens (tertiary/aromatic N) is 1. The molecular weight excluding hydrogens is 290 g/mol. The predicted octanol–water partition coefficient (Wildman–Crippen LogP) is 1.68. The Labute approximate surface area is 116 Å². The van der Waals surface area contributed by atoms with Crippen molar-refractivity contribution in [3.63, 3.8) is 0 Å². The highest BCUT2D eigenvalue weighted by Gasteiger charge is 2.23. The average molecular weight is 302 g/mol. The number of carboxylic acid groups (broad SMARTS) is 1. The molecule has 1 N–H and O–H groups in total. The van der Waals surface area contributed by atoms with Crippen molar-refractivity contribution in [2.24, 2.45) is 0 Å². The monoisotopic (exact) mass is 301 g/mol. The highest BCUT2D eigenvalue weighted by Crippen LogP contribution is 2.23. The largest absolute Gasteiger partial charge is 0.478 e. The molecule has 0 fully saturated rings. The molecule has 0 saturated heterocycles. The molecule has 0 spiro atoms. The number of sulfonamides is 1. The summed E-state index contributed by atoms with van der Waals surface area (Å²) >= 11 is 5.75. The van der Waals surface area contributed by atoms with E-state index in [1.807, 2.05) is 0 Å². The fourth-order valence-corrected chi connectivity index (χ4v) is 3.16. The number of benzene rings is 1. The van der Waals surface area contributed by atoms with E-state index in [1.54, 1.807) is 6.92 Å². The molecule has 0 radical (unpaired) electrons. The van der Waals surface area contributed by atoms with Crippen molar-refractivity contribution < 1.29 is 18.3 Å². The molecule has 7 heteroatoms. The zero-order chi connectivity index (χ0) is 14.6. The summed E-state index contributed by atoms with van der Waals surface area (Å²) < 4.78 is 25.5. The lowest BCUT2D eigenvalue weighted by atomic mass is 10.2. The van der Waals surface area contributed by atoms with Gasteiger partial charge in [0, 0.05) is 6.54 Å². The van der Waals surface area contributed by atoms with E-state index in [-0.39, 0.29) is 28.6 Å². The Morgan fingerprint density at radius 1 is 1.53 bits per heavy atom. The third-order valence-electron chi connectivity index (χ3n) is 2.43. The molecule has 5 nitrogen and oxygen atoms in total. The zero-order valence-electron chi connectivity index (χ0n) is 10.1. The summed E-state index contributed by atoms with van der Waals surface area (Å²) in [5, 5.41) is 8.69. The molecule has 0 amide bonds. The van der Waals surface area contributed by atoms with Crippen LogP contribution in [0.1, 0.15) is 17.3 Å². The van der Waals surface area contributed by atoms with Gasteiger partial charge in [-0.3, -0.25) is 0 Å². The van der Waals surface area contributed by atoms with Gasteiger partial charge in [-0.25, -0.2) is 13.2 Å². The predicted molar refractivity (Wildman–Crippen MR) is 71.7 cm³/mol. The van der Waals surface area contributed by atoms with E-state index >= 15 is 0 Å². The third kappa shape index (κ3) is 3.26. The zero-order valence-corrected chi connectivity index (χ0v) is 11.7. The van der Waals surface area contributed by atoms with Crippen LogP contribution < -0.4 is 0 Å². The molecule has 0 unspecified atom stereocenters. The summed E-state index contributed by atoms with van der Waals surface area (Å²) in [6.07, 6.45) is 5.11. The van der Waals surface area contributed by atoms with Gasteiger partial charge in [0.2, 0.25) is 10.0 Å². The van der Waals surface area contributed by atoms with E-state index in [2.05, 4.69) is 5.92 Å². The van der Waals surface area contributed by atoms with Gasteiger partial charge in [0.25, 0.3) is 0 Å². The number of hydrogen-bond donors (Lipinski definition) is 1. The molecular formula is C12H12ClNO4S. The molecule has 0 aliphatic carbocycles. The van der Waals surface area contributed by atoms with E-state index in [1.165, 1.54) is 6.07 Å². The number of aromatic carboxylic acids is 1. The molecule has 0 heterocycles. The molecule has 0 aliphatic heterocycles. The Kier molecular flexibility index (Phi) is 4.95. The number of rotatable bonds is 5. The third-order valence-corrected chi connectivity index (χ3v) is 4.66. The minimum atomic E-state index is -3.76. The molecule has 102 valence electrons. The van der Waals surface area contributed by atoms with Gasteiger partial charge < -0.3 is 5.11 Å². The smallest absolute Gasteiger partial charge is 0.337 e. The van der Waals surface area contributed by atoms with Gasteiger partial charge in [0.1, 0.15) is 0 Å². The van der Waals surface area contributed by atoms with Crippen LogP contribution in [0.3, 0.4) is 0 Å². The van der Waals surface area contributed by atoms with Gasteiger partial charge in [0.05, 0.1) is 22.0 Å². The highest BCUT2D eigenvalue weighted by atomic mass is 35.5. The lowest BCUT2D eigenvalue weighted by Crippen LogP contribution is -2.31. The number of carbonyl (C=O) groups is 1. The van der Waals surface area contributed by atoms with Crippen molar-refractivity contribution in [1.82, 2.24) is 4.31 Å². The Morgan fingerprint density at radius 2 is 2.16 bits per heavy atom. The highest BCUT2D eigenvalue weighted by molar-refractivity contribution is 7.89. The van der Waals surface area contributed by atoms with Crippen molar-refractivity contribution in [2.45, 2.75) is 11.8 Å². The minimum absolute atomic E-state index is 0.0584. The van der Waals surface area contributed by atoms with Gasteiger partial charge >= 0.3 is 5.97 Å². The van der Waals surface area contributed by atoms with Gasteiger partial charge in [-0.05, 0) is 18.2 Å². The molecule has 19 heavy (non-hydrogen) atoms. The quantitative estimate of drug-likeness (QED) is 0.840. The lowest BCUT2D eigenvalue weighted by Gasteiger charge is -2.18. The first-order chi connectivity index (χ1) is 8.84. The maximum Gasteiger partial charge on any atom is 0.337 e. The summed E-state index contributed by atoms with van der Waals surface area (Å²) in [5.41, 5.74) is -0.152. The first-order valence-corrected chi connectivity index (χ1v) is 7.12. The van der Waals surface area contributed by atoms with Crippen LogP contribution in [0.4, 0.5) is 0 Å². The Balaban J connectivity index is 3.27. The van der Waals surface area contributed by atoms with Crippen LogP contribution >= 0.6 is 11.6 Å². The second-order valence-electron chi connectivity index (χ2n) is 3.58. The molecule has 0 aliphatic rings. The van der Waals surface area contributed by atoms with E-state index < -0.39 is 16.0 Å². The maximum atomic E-state index is 12.2. The summed E-state index contributed by atoms with van der Waals surface area (Å²) in [5.74, 6) is 1.04. The van der Waals surface area contributed by atoms with E-state index in [0.29, 0.717) is 0 Å². The first-order valence-electron chi connectivity index (χ1n) is 5.31. The topological polar surface area (TPSA) is 74.7 Å². The van der Waals surface area contributed by atoms with Crippen molar-refractivity contribution in [3.05, 3.63) is 28.8 Å². The van der Waals surface area contributed by atoms with E-state index in [0.717, 1.165) is 16.4 Å².